The first-order valence-corrected chi connectivity index (χ1v) is 8.05. The Balaban J connectivity index is 1.68. The Hall–Kier alpha value is -1.30. The average Bonchev–Trinajstić information content (AvgIpc) is 2.56. The number of likely N-dealkylation sites (tertiary alicyclic amines) is 1. The molecule has 0 atom stereocenters. The summed E-state index contributed by atoms with van der Waals surface area (Å²) >= 11 is 0. The van der Waals surface area contributed by atoms with Crippen LogP contribution >= 0.6 is 0 Å². The van der Waals surface area contributed by atoms with Crippen molar-refractivity contribution in [3.05, 3.63) is 23.8 Å². The van der Waals surface area contributed by atoms with E-state index in [0.717, 1.165) is 69.0 Å². The number of hydrogen-bond acceptors (Lipinski definition) is 5. The fourth-order valence-corrected chi connectivity index (χ4v) is 2.81. The van der Waals surface area contributed by atoms with Crippen LogP contribution in [0.25, 0.3) is 0 Å². The van der Waals surface area contributed by atoms with E-state index in [1.807, 2.05) is 18.2 Å². The monoisotopic (exact) mass is 308 g/mol. The molecule has 1 aromatic rings. The van der Waals surface area contributed by atoms with Gasteiger partial charge in [-0.3, -0.25) is 0 Å². The molecule has 1 saturated heterocycles. The Morgan fingerprint density at radius 2 is 2.00 bits per heavy atom. The van der Waals surface area contributed by atoms with Gasteiger partial charge in [0.1, 0.15) is 11.5 Å². The van der Waals surface area contributed by atoms with Gasteiger partial charge in [-0.05, 0) is 50.6 Å². The molecule has 1 heterocycles. The van der Waals surface area contributed by atoms with Gasteiger partial charge >= 0.3 is 0 Å². The second-order valence-corrected chi connectivity index (χ2v) is 5.78. The van der Waals surface area contributed by atoms with Crippen LogP contribution in [-0.2, 0) is 6.54 Å². The van der Waals surface area contributed by atoms with Gasteiger partial charge < -0.3 is 24.8 Å². The molecule has 5 heteroatoms. The second-order valence-electron chi connectivity index (χ2n) is 5.78. The average molecular weight is 308 g/mol. The minimum atomic E-state index is -0.0881. The number of aliphatic hydroxyl groups is 1. The number of rotatable bonds is 8. The van der Waals surface area contributed by atoms with Crippen LogP contribution in [0, 0.1) is 0 Å². The van der Waals surface area contributed by atoms with E-state index in [1.165, 1.54) is 0 Å². The highest BCUT2D eigenvalue weighted by atomic mass is 16.5. The Kier molecular flexibility index (Phi) is 6.96. The van der Waals surface area contributed by atoms with Crippen molar-refractivity contribution >= 4 is 0 Å². The first-order chi connectivity index (χ1) is 10.7. The summed E-state index contributed by atoms with van der Waals surface area (Å²) in [5.41, 5.74) is 1.11. The lowest BCUT2D eigenvalue weighted by Crippen LogP contribution is -2.37. The lowest BCUT2D eigenvalue weighted by Gasteiger charge is -2.29. The number of hydrogen-bond donors (Lipinski definition) is 2. The largest absolute Gasteiger partial charge is 0.497 e. The van der Waals surface area contributed by atoms with Crippen LogP contribution < -0.4 is 14.8 Å². The van der Waals surface area contributed by atoms with Gasteiger partial charge in [0.05, 0.1) is 20.3 Å². The molecule has 1 aliphatic heterocycles. The molecule has 22 heavy (non-hydrogen) atoms. The Morgan fingerprint density at radius 3 is 2.68 bits per heavy atom. The summed E-state index contributed by atoms with van der Waals surface area (Å²) < 4.78 is 10.6. The normalized spacial score (nSPS) is 16.7. The first-order valence-electron chi connectivity index (χ1n) is 8.05. The highest BCUT2D eigenvalue weighted by molar-refractivity contribution is 5.40. The number of benzene rings is 1. The Bertz CT molecular complexity index is 446. The Labute approximate surface area is 133 Å². The molecule has 0 unspecified atom stereocenters. The van der Waals surface area contributed by atoms with E-state index in [1.54, 1.807) is 14.2 Å². The zero-order valence-electron chi connectivity index (χ0n) is 13.7. The Morgan fingerprint density at radius 1 is 1.23 bits per heavy atom. The maximum absolute atomic E-state index is 9.49. The topological polar surface area (TPSA) is 54.0 Å². The van der Waals surface area contributed by atoms with E-state index in [-0.39, 0.29) is 6.10 Å². The summed E-state index contributed by atoms with van der Waals surface area (Å²) in [4.78, 5) is 2.43. The summed E-state index contributed by atoms with van der Waals surface area (Å²) in [6.07, 6.45) is 2.85. The molecule has 0 aromatic heterocycles. The molecule has 0 aliphatic carbocycles. The number of aliphatic hydroxyl groups excluding tert-OH is 1. The number of nitrogens with zero attached hydrogens (tertiary/aromatic N) is 1. The third kappa shape index (κ3) is 5.16. The molecule has 1 aromatic carbocycles. The van der Waals surface area contributed by atoms with Gasteiger partial charge in [0, 0.05) is 25.2 Å². The molecule has 2 N–H and O–H groups in total. The molecule has 0 spiro atoms. The van der Waals surface area contributed by atoms with Gasteiger partial charge in [0.2, 0.25) is 0 Å². The lowest BCUT2D eigenvalue weighted by atomic mass is 10.1. The van der Waals surface area contributed by atoms with Crippen molar-refractivity contribution in [3.8, 4) is 11.5 Å². The highest BCUT2D eigenvalue weighted by Gasteiger charge is 2.15. The number of ether oxygens (including phenoxy) is 2. The fourth-order valence-electron chi connectivity index (χ4n) is 2.81. The minimum absolute atomic E-state index is 0.0881. The van der Waals surface area contributed by atoms with E-state index < -0.39 is 0 Å². The van der Waals surface area contributed by atoms with Gasteiger partial charge in [-0.1, -0.05) is 0 Å². The molecule has 1 aliphatic rings. The minimum Gasteiger partial charge on any atom is -0.497 e. The van der Waals surface area contributed by atoms with Crippen molar-refractivity contribution in [1.29, 1.82) is 0 Å². The molecular weight excluding hydrogens is 280 g/mol. The first kappa shape index (κ1) is 17.1. The van der Waals surface area contributed by atoms with Crippen molar-refractivity contribution in [3.63, 3.8) is 0 Å². The predicted octanol–water partition coefficient (Wildman–Crippen LogP) is 1.64. The fraction of sp³-hybridized carbons (Fsp3) is 0.647. The van der Waals surface area contributed by atoms with E-state index >= 15 is 0 Å². The second kappa shape index (κ2) is 8.98. The summed E-state index contributed by atoms with van der Waals surface area (Å²) in [6, 6.07) is 5.86. The van der Waals surface area contributed by atoms with Crippen LogP contribution in [0.1, 0.15) is 24.8 Å². The van der Waals surface area contributed by atoms with Gasteiger partial charge in [0.25, 0.3) is 0 Å². The van der Waals surface area contributed by atoms with E-state index in [2.05, 4.69) is 10.2 Å². The third-order valence-corrected chi connectivity index (χ3v) is 4.19. The van der Waals surface area contributed by atoms with E-state index in [0.29, 0.717) is 0 Å². The molecule has 0 saturated carbocycles. The van der Waals surface area contributed by atoms with Crippen molar-refractivity contribution in [2.75, 3.05) is 40.4 Å². The SMILES string of the molecule is COc1ccc(OC)c(CNCCCN2CCC(O)CC2)c1. The van der Waals surface area contributed by atoms with Gasteiger partial charge in [-0.2, -0.15) is 0 Å². The smallest absolute Gasteiger partial charge is 0.123 e. The molecule has 124 valence electrons. The van der Waals surface area contributed by atoms with Crippen molar-refractivity contribution in [1.82, 2.24) is 10.2 Å². The predicted molar refractivity (Wildman–Crippen MR) is 87.6 cm³/mol. The maximum Gasteiger partial charge on any atom is 0.123 e. The summed E-state index contributed by atoms with van der Waals surface area (Å²) in [7, 11) is 3.37. The number of methoxy groups -OCH3 is 2. The summed E-state index contributed by atoms with van der Waals surface area (Å²) in [5.74, 6) is 1.74. The van der Waals surface area contributed by atoms with Crippen LogP contribution in [-0.4, -0.2) is 56.5 Å². The molecule has 0 bridgehead atoms. The molecule has 0 radical (unpaired) electrons. The van der Waals surface area contributed by atoms with Crippen LogP contribution in [0.3, 0.4) is 0 Å². The molecule has 2 rings (SSSR count). The molecule has 1 fully saturated rings. The number of piperidine rings is 1. The van der Waals surface area contributed by atoms with Gasteiger partial charge in [-0.25, -0.2) is 0 Å². The standard InChI is InChI=1S/C17H28N2O3/c1-21-16-4-5-17(22-2)14(12-16)13-18-8-3-9-19-10-6-15(20)7-11-19/h4-5,12,15,18,20H,3,6-11,13H2,1-2H3. The van der Waals surface area contributed by atoms with E-state index in [4.69, 9.17) is 9.47 Å². The van der Waals surface area contributed by atoms with Crippen LogP contribution in [0.5, 0.6) is 11.5 Å². The summed E-state index contributed by atoms with van der Waals surface area (Å²) in [5, 5.41) is 13.0. The van der Waals surface area contributed by atoms with Crippen LogP contribution in [0.2, 0.25) is 0 Å². The van der Waals surface area contributed by atoms with E-state index in [9.17, 15) is 5.11 Å². The molecular formula is C17H28N2O3. The zero-order valence-corrected chi connectivity index (χ0v) is 13.7. The van der Waals surface area contributed by atoms with Crippen molar-refractivity contribution < 1.29 is 14.6 Å². The van der Waals surface area contributed by atoms with Crippen LogP contribution in [0.15, 0.2) is 18.2 Å². The molecule has 0 amide bonds. The maximum atomic E-state index is 9.49. The van der Waals surface area contributed by atoms with Gasteiger partial charge in [0.15, 0.2) is 0 Å². The quantitative estimate of drug-likeness (QED) is 0.715. The third-order valence-electron chi connectivity index (χ3n) is 4.19. The van der Waals surface area contributed by atoms with Crippen molar-refractivity contribution in [2.45, 2.75) is 31.9 Å². The summed E-state index contributed by atoms with van der Waals surface area (Å²) in [6.45, 7) is 4.88. The lowest BCUT2D eigenvalue weighted by molar-refractivity contribution is 0.0821. The number of nitrogens with one attached hydrogen (secondary N) is 1. The highest BCUT2D eigenvalue weighted by Crippen LogP contribution is 2.23. The van der Waals surface area contributed by atoms with Crippen LogP contribution in [0.4, 0.5) is 0 Å². The molecule has 5 nitrogen and oxygen atoms in total. The zero-order chi connectivity index (χ0) is 15.8. The van der Waals surface area contributed by atoms with Crippen molar-refractivity contribution in [2.24, 2.45) is 0 Å². The van der Waals surface area contributed by atoms with Gasteiger partial charge in [-0.15, -0.1) is 0 Å².